The Morgan fingerprint density at radius 2 is 2.11 bits per heavy atom. The maximum atomic E-state index is 6.33. The predicted molar refractivity (Wildman–Crippen MR) is 82.8 cm³/mol. The second kappa shape index (κ2) is 8.05. The molecule has 1 aromatic rings. The lowest BCUT2D eigenvalue weighted by Gasteiger charge is -2.15. The van der Waals surface area contributed by atoms with Gasteiger partial charge >= 0.3 is 0 Å². The smallest absolute Gasteiger partial charge is 0.0545 e. The lowest BCUT2D eigenvalue weighted by molar-refractivity contribution is 0.437. The lowest BCUT2D eigenvalue weighted by atomic mass is 10.1. The van der Waals surface area contributed by atoms with Crippen LogP contribution in [0.25, 0.3) is 0 Å². The van der Waals surface area contributed by atoms with Crippen LogP contribution in [0.1, 0.15) is 25.5 Å². The zero-order valence-corrected chi connectivity index (χ0v) is 13.2. The molecule has 4 heteroatoms. The topological polar surface area (TPSA) is 15.3 Å². The van der Waals surface area contributed by atoms with Crippen molar-refractivity contribution in [2.24, 2.45) is 0 Å². The fourth-order valence-corrected chi connectivity index (χ4v) is 3.06. The standard InChI is InChI=1S/C14H23ClN2S/c1-5-16-11(2)12-6-7-14(13(15)10-12)18-9-8-17(3)4/h6-7,10-11,16H,5,8-9H2,1-4H3. The van der Waals surface area contributed by atoms with Crippen LogP contribution in [0.4, 0.5) is 0 Å². The fourth-order valence-electron chi connectivity index (χ4n) is 1.67. The van der Waals surface area contributed by atoms with Gasteiger partial charge in [-0.1, -0.05) is 24.6 Å². The van der Waals surface area contributed by atoms with Crippen molar-refractivity contribution in [1.82, 2.24) is 10.2 Å². The van der Waals surface area contributed by atoms with Gasteiger partial charge in [0.25, 0.3) is 0 Å². The number of hydrogen-bond acceptors (Lipinski definition) is 3. The summed E-state index contributed by atoms with van der Waals surface area (Å²) in [5, 5.41) is 4.26. The van der Waals surface area contributed by atoms with Crippen LogP contribution in [0.5, 0.6) is 0 Å². The molecule has 0 fully saturated rings. The van der Waals surface area contributed by atoms with E-state index in [1.165, 1.54) is 10.5 Å². The van der Waals surface area contributed by atoms with Crippen molar-refractivity contribution >= 4 is 23.4 Å². The Hall–Kier alpha value is -0.220. The second-order valence-electron chi connectivity index (χ2n) is 4.62. The molecule has 0 heterocycles. The number of nitrogens with one attached hydrogen (secondary N) is 1. The van der Waals surface area contributed by atoms with E-state index >= 15 is 0 Å². The van der Waals surface area contributed by atoms with Crippen LogP contribution < -0.4 is 5.32 Å². The number of halogens is 1. The maximum absolute atomic E-state index is 6.33. The number of thioether (sulfide) groups is 1. The first-order chi connectivity index (χ1) is 8.54. The lowest BCUT2D eigenvalue weighted by Crippen LogP contribution is -2.17. The Morgan fingerprint density at radius 3 is 2.67 bits per heavy atom. The molecule has 1 aromatic carbocycles. The normalized spacial score (nSPS) is 13.0. The summed E-state index contributed by atoms with van der Waals surface area (Å²) in [5.41, 5.74) is 1.25. The summed E-state index contributed by atoms with van der Waals surface area (Å²) in [5.74, 6) is 1.06. The van der Waals surface area contributed by atoms with Crippen LogP contribution in [-0.4, -0.2) is 37.8 Å². The molecule has 0 spiro atoms. The Kier molecular flexibility index (Phi) is 7.08. The molecule has 0 aliphatic rings. The van der Waals surface area contributed by atoms with Crippen molar-refractivity contribution in [1.29, 1.82) is 0 Å². The molecule has 0 aliphatic heterocycles. The van der Waals surface area contributed by atoms with Crippen molar-refractivity contribution in [3.05, 3.63) is 28.8 Å². The van der Waals surface area contributed by atoms with E-state index in [-0.39, 0.29) is 0 Å². The molecule has 0 radical (unpaired) electrons. The van der Waals surface area contributed by atoms with Gasteiger partial charge in [0.05, 0.1) is 5.02 Å². The van der Waals surface area contributed by atoms with Crippen molar-refractivity contribution in [2.75, 3.05) is 32.9 Å². The SMILES string of the molecule is CCNC(C)c1ccc(SCCN(C)C)c(Cl)c1. The first kappa shape index (κ1) is 15.8. The molecule has 2 nitrogen and oxygen atoms in total. The van der Waals surface area contributed by atoms with E-state index in [0.29, 0.717) is 6.04 Å². The molecule has 0 aromatic heterocycles. The average molecular weight is 287 g/mol. The predicted octanol–water partition coefficient (Wildman–Crippen LogP) is 3.66. The fraction of sp³-hybridized carbons (Fsp3) is 0.571. The Labute approximate surface area is 120 Å². The molecular formula is C14H23ClN2S. The van der Waals surface area contributed by atoms with Gasteiger partial charge in [-0.2, -0.15) is 0 Å². The molecule has 1 unspecified atom stereocenters. The maximum Gasteiger partial charge on any atom is 0.0545 e. The van der Waals surface area contributed by atoms with Gasteiger partial charge in [-0.15, -0.1) is 11.8 Å². The van der Waals surface area contributed by atoms with Crippen LogP contribution >= 0.6 is 23.4 Å². The largest absolute Gasteiger partial charge is 0.310 e. The van der Waals surface area contributed by atoms with E-state index < -0.39 is 0 Å². The summed E-state index contributed by atoms with van der Waals surface area (Å²) in [6, 6.07) is 6.73. The van der Waals surface area contributed by atoms with E-state index in [4.69, 9.17) is 11.6 Å². The first-order valence-electron chi connectivity index (χ1n) is 6.35. The Bertz CT molecular complexity index is 369. The second-order valence-corrected chi connectivity index (χ2v) is 6.16. The number of nitrogens with zero attached hydrogens (tertiary/aromatic N) is 1. The summed E-state index contributed by atoms with van der Waals surface area (Å²) in [6.07, 6.45) is 0. The van der Waals surface area contributed by atoms with Gasteiger partial charge in [-0.3, -0.25) is 0 Å². The van der Waals surface area contributed by atoms with Crippen LogP contribution in [0.3, 0.4) is 0 Å². The minimum atomic E-state index is 0.355. The molecule has 18 heavy (non-hydrogen) atoms. The van der Waals surface area contributed by atoms with Gasteiger partial charge in [0.2, 0.25) is 0 Å². The third kappa shape index (κ3) is 5.19. The number of rotatable bonds is 7. The first-order valence-corrected chi connectivity index (χ1v) is 7.71. The van der Waals surface area contributed by atoms with Gasteiger partial charge < -0.3 is 10.2 Å². The van der Waals surface area contributed by atoms with Gasteiger partial charge in [0.1, 0.15) is 0 Å². The van der Waals surface area contributed by atoms with Gasteiger partial charge in [0.15, 0.2) is 0 Å². The van der Waals surface area contributed by atoms with Crippen molar-refractivity contribution in [2.45, 2.75) is 24.8 Å². The molecule has 1 atom stereocenters. The highest BCUT2D eigenvalue weighted by molar-refractivity contribution is 7.99. The van der Waals surface area contributed by atoms with Crippen LogP contribution in [-0.2, 0) is 0 Å². The molecule has 0 aliphatic carbocycles. The Balaban J connectivity index is 2.62. The van der Waals surface area contributed by atoms with Gasteiger partial charge in [0, 0.05) is 23.2 Å². The molecule has 0 amide bonds. The average Bonchev–Trinajstić information content (AvgIpc) is 2.31. The van der Waals surface area contributed by atoms with Crippen LogP contribution in [0.2, 0.25) is 5.02 Å². The van der Waals surface area contributed by atoms with Crippen LogP contribution in [0.15, 0.2) is 23.1 Å². The van der Waals surface area contributed by atoms with E-state index in [9.17, 15) is 0 Å². The monoisotopic (exact) mass is 286 g/mol. The third-order valence-corrected chi connectivity index (χ3v) is 4.24. The minimum absolute atomic E-state index is 0.355. The zero-order chi connectivity index (χ0) is 13.5. The van der Waals surface area contributed by atoms with Gasteiger partial charge in [-0.25, -0.2) is 0 Å². The molecule has 1 N–H and O–H groups in total. The molecule has 102 valence electrons. The Morgan fingerprint density at radius 1 is 1.39 bits per heavy atom. The molecule has 0 saturated carbocycles. The number of benzene rings is 1. The highest BCUT2D eigenvalue weighted by Crippen LogP contribution is 2.29. The van der Waals surface area contributed by atoms with E-state index in [1.807, 2.05) is 11.8 Å². The molecule has 0 bridgehead atoms. The molecule has 1 rings (SSSR count). The van der Waals surface area contributed by atoms with E-state index in [2.05, 4.69) is 56.4 Å². The summed E-state index contributed by atoms with van der Waals surface area (Å²) < 4.78 is 0. The van der Waals surface area contributed by atoms with Crippen molar-refractivity contribution in [3.8, 4) is 0 Å². The van der Waals surface area contributed by atoms with E-state index in [0.717, 1.165) is 23.9 Å². The summed E-state index contributed by atoms with van der Waals surface area (Å²) in [7, 11) is 4.17. The third-order valence-electron chi connectivity index (χ3n) is 2.76. The highest BCUT2D eigenvalue weighted by Gasteiger charge is 2.07. The number of hydrogen-bond donors (Lipinski definition) is 1. The zero-order valence-electron chi connectivity index (χ0n) is 11.7. The van der Waals surface area contributed by atoms with Crippen molar-refractivity contribution < 1.29 is 0 Å². The van der Waals surface area contributed by atoms with Crippen molar-refractivity contribution in [3.63, 3.8) is 0 Å². The van der Waals surface area contributed by atoms with Gasteiger partial charge in [-0.05, 0) is 45.3 Å². The van der Waals surface area contributed by atoms with Crippen LogP contribution in [0, 0.1) is 0 Å². The molecular weight excluding hydrogens is 264 g/mol. The minimum Gasteiger partial charge on any atom is -0.310 e. The summed E-state index contributed by atoms with van der Waals surface area (Å²) in [4.78, 5) is 3.36. The quantitative estimate of drug-likeness (QED) is 0.770. The summed E-state index contributed by atoms with van der Waals surface area (Å²) in [6.45, 7) is 6.31. The van der Waals surface area contributed by atoms with E-state index in [1.54, 1.807) is 0 Å². The highest BCUT2D eigenvalue weighted by atomic mass is 35.5. The molecule has 0 saturated heterocycles. The summed E-state index contributed by atoms with van der Waals surface area (Å²) >= 11 is 8.14.